The largest absolute Gasteiger partial charge is 0.481 e. The summed E-state index contributed by atoms with van der Waals surface area (Å²) in [5.74, 6) is 0.0801. The highest BCUT2D eigenvalue weighted by atomic mass is 32.5. The normalized spacial score (nSPS) is 40.4. The van der Waals surface area contributed by atoms with E-state index in [9.17, 15) is 39.9 Å². The van der Waals surface area contributed by atoms with E-state index in [-0.39, 0.29) is 17.2 Å². The predicted molar refractivity (Wildman–Crippen MR) is 139 cm³/mol. The van der Waals surface area contributed by atoms with Crippen LogP contribution < -0.4 is 16.8 Å². The smallest absolute Gasteiger partial charge is 0.394 e. The van der Waals surface area contributed by atoms with Gasteiger partial charge in [-0.3, -0.25) is 4.52 Å². The molecule has 41 heavy (non-hydrogen) atoms. The number of nitrogens with one attached hydrogen (secondary N) is 1. The summed E-state index contributed by atoms with van der Waals surface area (Å²) < 4.78 is 38.0. The van der Waals surface area contributed by atoms with Crippen molar-refractivity contribution in [3.05, 3.63) is 24.3 Å². The predicted octanol–water partition coefficient (Wildman–Crippen LogP) is -3.80. The molecule has 8 unspecified atom stereocenters. The van der Waals surface area contributed by atoms with Gasteiger partial charge in [-0.25, -0.2) is 18.8 Å². The lowest BCUT2D eigenvalue weighted by Crippen LogP contribution is -2.61. The second kappa shape index (κ2) is 11.7. The maximum absolute atomic E-state index is 12.6. The summed E-state index contributed by atoms with van der Waals surface area (Å²) in [6.07, 6.45) is -10.4. The number of fused-ring (bicyclic) bond motifs is 2. The van der Waals surface area contributed by atoms with Crippen LogP contribution in [-0.2, 0) is 44.8 Å². The number of anilines is 2. The van der Waals surface area contributed by atoms with Crippen molar-refractivity contribution in [2.75, 3.05) is 24.3 Å². The molecule has 19 nitrogen and oxygen atoms in total. The van der Waals surface area contributed by atoms with E-state index in [1.54, 1.807) is 0 Å². The second-order valence-electron chi connectivity index (χ2n) is 9.69. The molecule has 4 heterocycles. The molecule has 1 aromatic rings. The number of nitrogens with two attached hydrogens (primary N) is 2. The van der Waals surface area contributed by atoms with Crippen LogP contribution in [-0.4, -0.2) is 118 Å². The molecule has 3 aliphatic rings. The minimum absolute atomic E-state index is 0.0801. The van der Waals surface area contributed by atoms with Crippen molar-refractivity contribution in [2.24, 2.45) is 5.73 Å². The molecule has 13 N–H and O–H groups in total. The number of nitrogen functional groups attached to an aromatic ring is 1. The Morgan fingerprint density at radius 2 is 1.90 bits per heavy atom. The molecule has 232 valence electrons. The molecule has 22 heteroatoms. The Labute approximate surface area is 237 Å². The fourth-order valence-corrected chi connectivity index (χ4v) is 7.79. The Hall–Kier alpha value is -1.26. The molecular formula is C19H31N5O14P2S. The molecule has 12 atom stereocenters. The maximum Gasteiger partial charge on any atom is 0.481 e. The van der Waals surface area contributed by atoms with E-state index in [0.29, 0.717) is 0 Å². The lowest BCUT2D eigenvalue weighted by molar-refractivity contribution is -0.292. The number of hydrogen-bond donors (Lipinski definition) is 11. The quantitative estimate of drug-likeness (QED) is 0.114. The van der Waals surface area contributed by atoms with Crippen LogP contribution in [0, 0.1) is 0 Å². The van der Waals surface area contributed by atoms with Gasteiger partial charge in [0.25, 0.3) is 0 Å². The van der Waals surface area contributed by atoms with Crippen molar-refractivity contribution in [1.82, 2.24) is 9.97 Å². The van der Waals surface area contributed by atoms with E-state index in [2.05, 4.69) is 24.1 Å². The molecule has 4 rings (SSSR count). The monoisotopic (exact) mass is 647 g/mol. The number of aliphatic hydroxyl groups excluding tert-OH is 6. The van der Waals surface area contributed by atoms with E-state index in [4.69, 9.17) is 42.4 Å². The van der Waals surface area contributed by atoms with Crippen molar-refractivity contribution in [3.63, 3.8) is 0 Å². The number of rotatable bonds is 9. The van der Waals surface area contributed by atoms with Crippen molar-refractivity contribution < 1.29 is 67.8 Å². The standard InChI is InChI=1S/C19H31N5O14P2S/c1-18(21)15(30)8(36-19(18)2-3-22-9-14(19)23-6-24-16(9)20)5-34-40(33,41)38-39(31,32)37-17-12(29)10(27)11(28)13(35-17)7(26)4-25/h2-3,6-8,10-13,15,17,22,25-30H,4-5,21H2,1H3,(H,31,32)(H,33,41)(H2,20,23,24)/t7-,8+,10?,11?,12?,13?,15+,17?,18+,19?,40?/m0/s1. The summed E-state index contributed by atoms with van der Waals surface area (Å²) in [6.45, 7) is -4.84. The van der Waals surface area contributed by atoms with Crippen molar-refractivity contribution >= 4 is 37.9 Å². The zero-order valence-corrected chi connectivity index (χ0v) is 23.7. The topological polar surface area (TPSA) is 315 Å². The van der Waals surface area contributed by atoms with Crippen molar-refractivity contribution in [3.8, 4) is 0 Å². The van der Waals surface area contributed by atoms with Gasteiger partial charge in [-0.05, 0) is 24.8 Å². The molecule has 0 radical (unpaired) electrons. The third-order valence-electron chi connectivity index (χ3n) is 6.90. The third kappa shape index (κ3) is 6.08. The van der Waals surface area contributed by atoms with E-state index < -0.39 is 87.9 Å². The van der Waals surface area contributed by atoms with Gasteiger partial charge in [-0.2, -0.15) is 0 Å². The molecule has 3 aliphatic heterocycles. The molecule has 0 amide bonds. The van der Waals surface area contributed by atoms with Crippen LogP contribution in [0.3, 0.4) is 0 Å². The van der Waals surface area contributed by atoms with Crippen LogP contribution in [0.1, 0.15) is 12.6 Å². The Bertz CT molecular complexity index is 1260. The summed E-state index contributed by atoms with van der Waals surface area (Å²) in [6, 6.07) is 0. The number of phosphoric acid groups is 1. The minimum atomic E-state index is -5.45. The van der Waals surface area contributed by atoms with Gasteiger partial charge < -0.3 is 71.2 Å². The van der Waals surface area contributed by atoms with Gasteiger partial charge in [-0.1, -0.05) is 0 Å². The second-order valence-corrected chi connectivity index (χ2v) is 14.1. The van der Waals surface area contributed by atoms with Crippen LogP contribution in [0.15, 0.2) is 18.6 Å². The minimum Gasteiger partial charge on any atom is -0.394 e. The zero-order chi connectivity index (χ0) is 30.5. The number of phosphoric ester groups is 1. The van der Waals surface area contributed by atoms with Gasteiger partial charge in [0.05, 0.1) is 18.8 Å². The number of aromatic nitrogens is 2. The first-order chi connectivity index (χ1) is 19.0. The van der Waals surface area contributed by atoms with E-state index in [1.807, 2.05) is 0 Å². The number of ether oxygens (including phenoxy) is 2. The molecule has 2 saturated heterocycles. The number of aliphatic hydroxyl groups is 6. The molecule has 1 spiro atoms. The summed E-state index contributed by atoms with van der Waals surface area (Å²) >= 11 is 4.79. The Morgan fingerprint density at radius 1 is 1.22 bits per heavy atom. The SMILES string of the molecule is C[C@@]1(N)[C@H](O)[C@@H](COP(O)(=S)OP(=O)(O)OC2OC([C@@H](O)CO)C(O)C(O)C2O)OC12C=CNc1c(N)ncnc12. The van der Waals surface area contributed by atoms with E-state index in [1.165, 1.54) is 25.5 Å². The van der Waals surface area contributed by atoms with Crippen LogP contribution >= 0.6 is 14.5 Å². The zero-order valence-electron chi connectivity index (χ0n) is 21.1. The van der Waals surface area contributed by atoms with E-state index >= 15 is 0 Å². The summed E-state index contributed by atoms with van der Waals surface area (Å²) in [7, 11) is -5.45. The highest BCUT2D eigenvalue weighted by molar-refractivity contribution is 8.08. The van der Waals surface area contributed by atoms with Gasteiger partial charge in [0.1, 0.15) is 60.4 Å². The Kier molecular flexibility index (Phi) is 9.30. The van der Waals surface area contributed by atoms with Crippen LogP contribution in [0.4, 0.5) is 11.5 Å². The molecule has 0 bridgehead atoms. The van der Waals surface area contributed by atoms with Crippen molar-refractivity contribution in [2.45, 2.75) is 67.1 Å². The number of hydrogen-bond acceptors (Lipinski definition) is 18. The molecule has 1 aromatic heterocycles. The van der Waals surface area contributed by atoms with Gasteiger partial charge in [-0.15, -0.1) is 0 Å². The first-order valence-electron chi connectivity index (χ1n) is 11.8. The Morgan fingerprint density at radius 3 is 2.56 bits per heavy atom. The lowest BCUT2D eigenvalue weighted by atomic mass is 9.75. The highest BCUT2D eigenvalue weighted by Crippen LogP contribution is 2.62. The van der Waals surface area contributed by atoms with Crippen molar-refractivity contribution in [1.29, 1.82) is 0 Å². The molecular weight excluding hydrogens is 616 g/mol. The molecule has 0 aliphatic carbocycles. The average molecular weight is 647 g/mol. The van der Waals surface area contributed by atoms with Crippen LogP contribution in [0.5, 0.6) is 0 Å². The molecule has 2 fully saturated rings. The lowest BCUT2D eigenvalue weighted by Gasteiger charge is -2.41. The highest BCUT2D eigenvalue weighted by Gasteiger charge is 2.63. The van der Waals surface area contributed by atoms with Gasteiger partial charge in [0.2, 0.25) is 0 Å². The molecule has 0 aromatic carbocycles. The summed E-state index contributed by atoms with van der Waals surface area (Å²) in [5.41, 5.74) is 9.77. The van der Waals surface area contributed by atoms with E-state index in [0.717, 1.165) is 0 Å². The Balaban J connectivity index is 1.44. The van der Waals surface area contributed by atoms with Gasteiger partial charge in [0, 0.05) is 6.20 Å². The van der Waals surface area contributed by atoms with Crippen LogP contribution in [0.25, 0.3) is 0 Å². The fourth-order valence-electron chi connectivity index (χ4n) is 4.69. The third-order valence-corrected chi connectivity index (χ3v) is 10.4. The van der Waals surface area contributed by atoms with Crippen LogP contribution in [0.2, 0.25) is 0 Å². The maximum atomic E-state index is 12.6. The average Bonchev–Trinajstić information content (AvgIpc) is 3.08. The fraction of sp³-hybridized carbons (Fsp3) is 0.684. The molecule has 0 saturated carbocycles. The summed E-state index contributed by atoms with van der Waals surface area (Å²) in [5, 5.41) is 62.8. The first kappa shape index (κ1) is 32.6. The first-order valence-corrected chi connectivity index (χ1v) is 15.9. The van der Waals surface area contributed by atoms with Gasteiger partial charge in [0.15, 0.2) is 17.7 Å². The number of nitrogens with zero attached hydrogens (tertiary/aromatic N) is 2. The summed E-state index contributed by atoms with van der Waals surface area (Å²) in [4.78, 5) is 28.7. The van der Waals surface area contributed by atoms with Gasteiger partial charge >= 0.3 is 14.5 Å².